The van der Waals surface area contributed by atoms with Crippen LogP contribution in [-0.4, -0.2) is 18.5 Å². The Morgan fingerprint density at radius 1 is 1.16 bits per heavy atom. The van der Waals surface area contributed by atoms with Crippen molar-refractivity contribution in [3.8, 4) is 0 Å². The molecule has 1 aliphatic heterocycles. The van der Waals surface area contributed by atoms with Crippen molar-refractivity contribution in [2.75, 3.05) is 13.6 Å². The fourth-order valence-electron chi connectivity index (χ4n) is 3.25. The molecule has 1 heterocycles. The van der Waals surface area contributed by atoms with Crippen LogP contribution in [0.25, 0.3) is 0 Å². The van der Waals surface area contributed by atoms with Gasteiger partial charge in [0.1, 0.15) is 0 Å². The number of rotatable bonds is 0. The van der Waals surface area contributed by atoms with Gasteiger partial charge < -0.3 is 4.90 Å². The molecule has 0 saturated carbocycles. The van der Waals surface area contributed by atoms with E-state index in [2.05, 4.69) is 62.3 Å². The molecule has 1 heteroatoms. The third-order valence-corrected chi connectivity index (χ3v) is 4.16. The van der Waals surface area contributed by atoms with Gasteiger partial charge in [-0.25, -0.2) is 0 Å². The van der Waals surface area contributed by atoms with Crippen molar-refractivity contribution >= 4 is 0 Å². The van der Waals surface area contributed by atoms with E-state index in [1.165, 1.54) is 28.0 Å². The highest BCUT2D eigenvalue weighted by Gasteiger charge is 2.26. The van der Waals surface area contributed by atoms with Gasteiger partial charge in [0.15, 0.2) is 0 Å². The molecule has 0 saturated heterocycles. The van der Waals surface area contributed by atoms with E-state index in [9.17, 15) is 0 Å². The molecule has 0 aromatic rings. The molecule has 3 aliphatic rings. The first-order valence-electron chi connectivity index (χ1n) is 7.04. The normalized spacial score (nSPS) is 24.5. The van der Waals surface area contributed by atoms with Gasteiger partial charge >= 0.3 is 0 Å². The van der Waals surface area contributed by atoms with Gasteiger partial charge in [0.25, 0.3) is 0 Å². The standard InChI is InChI=1S/C18H21N/c1-4-14-12-15-11-13(2)7-5-8-16(15)17-9-6-10-19(3)18(14)17/h4-9H,10-12H2,1-3H3/b14-4-. The zero-order chi connectivity index (χ0) is 13.4. The number of likely N-dealkylation sites (N-methyl/N-ethyl adjacent to an activating group) is 1. The lowest BCUT2D eigenvalue weighted by atomic mass is 9.81. The Morgan fingerprint density at radius 2 is 2.00 bits per heavy atom. The Hall–Kier alpha value is -1.76. The fourth-order valence-corrected chi connectivity index (χ4v) is 3.25. The maximum absolute atomic E-state index is 2.37. The monoisotopic (exact) mass is 251 g/mol. The van der Waals surface area contributed by atoms with Crippen LogP contribution in [0.3, 0.4) is 0 Å². The van der Waals surface area contributed by atoms with Crippen molar-refractivity contribution in [2.45, 2.75) is 26.7 Å². The molecule has 0 atom stereocenters. The second-order valence-corrected chi connectivity index (χ2v) is 5.60. The molecule has 98 valence electrons. The first-order chi connectivity index (χ1) is 9.20. The number of nitrogens with zero attached hydrogens (tertiary/aromatic N) is 1. The molecule has 3 rings (SSSR count). The van der Waals surface area contributed by atoms with Crippen LogP contribution in [0.2, 0.25) is 0 Å². The van der Waals surface area contributed by atoms with Crippen LogP contribution in [0, 0.1) is 0 Å². The van der Waals surface area contributed by atoms with Gasteiger partial charge in [-0.05, 0) is 37.8 Å². The Bertz CT molecular complexity index is 591. The topological polar surface area (TPSA) is 3.24 Å². The zero-order valence-electron chi connectivity index (χ0n) is 12.0. The summed E-state index contributed by atoms with van der Waals surface area (Å²) < 4.78 is 0. The quantitative estimate of drug-likeness (QED) is 0.620. The number of allylic oxidation sites excluding steroid dienone is 10. The third-order valence-electron chi connectivity index (χ3n) is 4.16. The SMILES string of the molecule is C/C=C1/CC2=C(C=CC=C(C)C2)C2=C1N(C)CC=C2. The predicted octanol–water partition coefficient (Wildman–Crippen LogP) is 4.29. The maximum atomic E-state index is 2.37. The van der Waals surface area contributed by atoms with E-state index in [1.807, 2.05) is 0 Å². The van der Waals surface area contributed by atoms with E-state index in [-0.39, 0.29) is 0 Å². The fraction of sp³-hybridized carbons (Fsp3) is 0.333. The molecule has 0 radical (unpaired) electrons. The largest absolute Gasteiger partial charge is 0.370 e. The van der Waals surface area contributed by atoms with Crippen molar-refractivity contribution in [3.05, 3.63) is 70.0 Å². The first kappa shape index (κ1) is 12.3. The molecule has 0 aromatic heterocycles. The summed E-state index contributed by atoms with van der Waals surface area (Å²) >= 11 is 0. The minimum Gasteiger partial charge on any atom is -0.370 e. The summed E-state index contributed by atoms with van der Waals surface area (Å²) in [7, 11) is 2.19. The highest BCUT2D eigenvalue weighted by molar-refractivity contribution is 5.63. The molecular weight excluding hydrogens is 230 g/mol. The van der Waals surface area contributed by atoms with Gasteiger partial charge in [-0.1, -0.05) is 47.6 Å². The lowest BCUT2D eigenvalue weighted by molar-refractivity contribution is 0.458. The molecule has 0 spiro atoms. The number of fused-ring (bicyclic) bond motifs is 1. The lowest BCUT2D eigenvalue weighted by Gasteiger charge is -2.34. The van der Waals surface area contributed by atoms with Crippen molar-refractivity contribution in [2.24, 2.45) is 0 Å². The van der Waals surface area contributed by atoms with Crippen molar-refractivity contribution in [1.82, 2.24) is 4.90 Å². The van der Waals surface area contributed by atoms with Crippen LogP contribution in [0.15, 0.2) is 70.0 Å². The number of hydrogen-bond acceptors (Lipinski definition) is 1. The van der Waals surface area contributed by atoms with Gasteiger partial charge in [-0.3, -0.25) is 0 Å². The van der Waals surface area contributed by atoms with Crippen molar-refractivity contribution in [3.63, 3.8) is 0 Å². The summed E-state index contributed by atoms with van der Waals surface area (Å²) in [5.41, 5.74) is 8.76. The van der Waals surface area contributed by atoms with Gasteiger partial charge in [0.2, 0.25) is 0 Å². The van der Waals surface area contributed by atoms with Crippen LogP contribution < -0.4 is 0 Å². The molecule has 2 aliphatic carbocycles. The average molecular weight is 251 g/mol. The van der Waals surface area contributed by atoms with Crippen molar-refractivity contribution < 1.29 is 0 Å². The molecule has 0 amide bonds. The van der Waals surface area contributed by atoms with Crippen LogP contribution >= 0.6 is 0 Å². The van der Waals surface area contributed by atoms with Gasteiger partial charge in [-0.2, -0.15) is 0 Å². The van der Waals surface area contributed by atoms with E-state index in [1.54, 1.807) is 5.57 Å². The summed E-state index contributed by atoms with van der Waals surface area (Å²) in [5.74, 6) is 0. The molecule has 0 N–H and O–H groups in total. The van der Waals surface area contributed by atoms with Gasteiger partial charge in [-0.15, -0.1) is 0 Å². The Morgan fingerprint density at radius 3 is 2.79 bits per heavy atom. The highest BCUT2D eigenvalue weighted by atomic mass is 15.1. The first-order valence-corrected chi connectivity index (χ1v) is 7.04. The maximum Gasteiger partial charge on any atom is 0.0478 e. The van der Waals surface area contributed by atoms with Gasteiger partial charge in [0, 0.05) is 24.9 Å². The minimum absolute atomic E-state index is 1.01. The molecule has 19 heavy (non-hydrogen) atoms. The Kier molecular flexibility index (Phi) is 3.06. The molecule has 1 nitrogen and oxygen atoms in total. The Balaban J connectivity index is 2.17. The van der Waals surface area contributed by atoms with Crippen LogP contribution in [0.1, 0.15) is 26.7 Å². The number of hydrogen-bond donors (Lipinski definition) is 0. The minimum atomic E-state index is 1.01. The summed E-state index contributed by atoms with van der Waals surface area (Å²) in [6.45, 7) is 5.40. The summed E-state index contributed by atoms with van der Waals surface area (Å²) in [6.07, 6.45) is 15.8. The van der Waals surface area contributed by atoms with Gasteiger partial charge in [0.05, 0.1) is 0 Å². The Labute approximate surface area is 116 Å². The van der Waals surface area contributed by atoms with E-state index < -0.39 is 0 Å². The smallest absolute Gasteiger partial charge is 0.0478 e. The second-order valence-electron chi connectivity index (χ2n) is 5.60. The third kappa shape index (κ3) is 2.03. The summed E-state index contributed by atoms with van der Waals surface area (Å²) in [6, 6.07) is 0. The van der Waals surface area contributed by atoms with Crippen LogP contribution in [0.4, 0.5) is 0 Å². The molecule has 0 bridgehead atoms. The molecular formula is C18H21N. The average Bonchev–Trinajstić information content (AvgIpc) is 2.58. The van der Waals surface area contributed by atoms with E-state index in [4.69, 9.17) is 0 Å². The molecule has 0 unspecified atom stereocenters. The predicted molar refractivity (Wildman–Crippen MR) is 81.7 cm³/mol. The summed E-state index contributed by atoms with van der Waals surface area (Å²) in [4.78, 5) is 2.37. The second kappa shape index (κ2) is 4.73. The van der Waals surface area contributed by atoms with E-state index >= 15 is 0 Å². The lowest BCUT2D eigenvalue weighted by Crippen LogP contribution is -2.26. The summed E-state index contributed by atoms with van der Waals surface area (Å²) in [5, 5.41) is 0. The van der Waals surface area contributed by atoms with Crippen molar-refractivity contribution in [1.29, 1.82) is 0 Å². The molecule has 0 aromatic carbocycles. The van der Waals surface area contributed by atoms with E-state index in [0.29, 0.717) is 0 Å². The van der Waals surface area contributed by atoms with Crippen LogP contribution in [-0.2, 0) is 0 Å². The molecule has 0 fully saturated rings. The van der Waals surface area contributed by atoms with E-state index in [0.717, 1.165) is 19.4 Å². The zero-order valence-corrected chi connectivity index (χ0v) is 12.0. The highest BCUT2D eigenvalue weighted by Crippen LogP contribution is 2.41. The van der Waals surface area contributed by atoms with Crippen LogP contribution in [0.5, 0.6) is 0 Å².